The van der Waals surface area contributed by atoms with Gasteiger partial charge in [-0.15, -0.1) is 0 Å². The molecular formula is C16H15ClF3N. The second kappa shape index (κ2) is 6.50. The molecule has 2 rings (SSSR count). The maximum atomic E-state index is 12.7. The van der Waals surface area contributed by atoms with Crippen molar-refractivity contribution in [3.05, 3.63) is 70.2 Å². The van der Waals surface area contributed by atoms with Gasteiger partial charge in [-0.25, -0.2) is 0 Å². The molecule has 112 valence electrons. The van der Waals surface area contributed by atoms with Crippen LogP contribution in [0, 0.1) is 0 Å². The number of hydrogen-bond acceptors (Lipinski definition) is 1. The summed E-state index contributed by atoms with van der Waals surface area (Å²) in [6, 6.07) is 12.6. The maximum absolute atomic E-state index is 12.7. The van der Waals surface area contributed by atoms with Crippen molar-refractivity contribution in [3.8, 4) is 0 Å². The molecule has 0 saturated carbocycles. The van der Waals surface area contributed by atoms with Gasteiger partial charge in [-0.2, -0.15) is 13.2 Å². The number of nitrogens with one attached hydrogen (secondary N) is 1. The van der Waals surface area contributed by atoms with Crippen molar-refractivity contribution >= 4 is 11.6 Å². The van der Waals surface area contributed by atoms with Crippen molar-refractivity contribution in [1.82, 2.24) is 5.32 Å². The van der Waals surface area contributed by atoms with E-state index in [0.717, 1.165) is 11.6 Å². The molecule has 0 saturated heterocycles. The molecule has 0 amide bonds. The lowest BCUT2D eigenvalue weighted by Crippen LogP contribution is -2.19. The van der Waals surface area contributed by atoms with Gasteiger partial charge in [-0.05, 0) is 42.8 Å². The van der Waals surface area contributed by atoms with Gasteiger partial charge in [0.15, 0.2) is 0 Å². The van der Waals surface area contributed by atoms with Crippen LogP contribution >= 0.6 is 11.6 Å². The molecular weight excluding hydrogens is 299 g/mol. The highest BCUT2D eigenvalue weighted by Crippen LogP contribution is 2.30. The Hall–Kier alpha value is -1.52. The van der Waals surface area contributed by atoms with Crippen molar-refractivity contribution in [2.75, 3.05) is 7.05 Å². The summed E-state index contributed by atoms with van der Waals surface area (Å²) in [6.45, 7) is 0. The fourth-order valence-corrected chi connectivity index (χ4v) is 2.32. The lowest BCUT2D eigenvalue weighted by Gasteiger charge is -2.18. The van der Waals surface area contributed by atoms with Gasteiger partial charge in [0.25, 0.3) is 0 Å². The average Bonchev–Trinajstić information content (AvgIpc) is 2.45. The first kappa shape index (κ1) is 15.9. The Labute approximate surface area is 126 Å². The molecule has 0 fully saturated rings. The Bertz CT molecular complexity index is 593. The standard InChI is InChI=1S/C16H15ClF3N/c1-21-15(12-5-7-14(17)8-6-12)10-11-3-2-4-13(9-11)16(18,19)20/h2-9,15,21H,10H2,1H3. The molecule has 1 N–H and O–H groups in total. The second-order valence-corrected chi connectivity index (χ2v) is 5.23. The summed E-state index contributed by atoms with van der Waals surface area (Å²) in [4.78, 5) is 0. The first-order chi connectivity index (χ1) is 9.90. The van der Waals surface area contributed by atoms with Crippen LogP contribution in [0.4, 0.5) is 13.2 Å². The van der Waals surface area contributed by atoms with Crippen LogP contribution < -0.4 is 5.32 Å². The maximum Gasteiger partial charge on any atom is 0.416 e. The number of alkyl halides is 3. The monoisotopic (exact) mass is 313 g/mol. The Morgan fingerprint density at radius 1 is 1.10 bits per heavy atom. The minimum atomic E-state index is -4.31. The first-order valence-electron chi connectivity index (χ1n) is 6.49. The molecule has 2 aromatic carbocycles. The van der Waals surface area contributed by atoms with Gasteiger partial charge in [-0.1, -0.05) is 41.9 Å². The van der Waals surface area contributed by atoms with Crippen LogP contribution in [-0.2, 0) is 12.6 Å². The summed E-state index contributed by atoms with van der Waals surface area (Å²) in [5.74, 6) is 0. The minimum Gasteiger partial charge on any atom is -0.313 e. The van der Waals surface area contributed by atoms with E-state index in [1.165, 1.54) is 12.1 Å². The Morgan fingerprint density at radius 2 is 1.76 bits per heavy atom. The largest absolute Gasteiger partial charge is 0.416 e. The molecule has 21 heavy (non-hydrogen) atoms. The first-order valence-corrected chi connectivity index (χ1v) is 6.87. The molecule has 0 aliphatic rings. The molecule has 1 nitrogen and oxygen atoms in total. The number of hydrogen-bond donors (Lipinski definition) is 1. The summed E-state index contributed by atoms with van der Waals surface area (Å²) in [7, 11) is 1.78. The molecule has 0 aliphatic heterocycles. The van der Waals surface area contributed by atoms with Crippen molar-refractivity contribution < 1.29 is 13.2 Å². The van der Waals surface area contributed by atoms with E-state index in [0.29, 0.717) is 17.0 Å². The molecule has 1 unspecified atom stereocenters. The second-order valence-electron chi connectivity index (χ2n) is 4.80. The number of halogens is 4. The summed E-state index contributed by atoms with van der Waals surface area (Å²) in [5, 5.41) is 3.75. The molecule has 2 aromatic rings. The quantitative estimate of drug-likeness (QED) is 0.850. The summed E-state index contributed by atoms with van der Waals surface area (Å²) < 4.78 is 38.2. The van der Waals surface area contributed by atoms with E-state index in [2.05, 4.69) is 5.32 Å². The zero-order chi connectivity index (χ0) is 15.5. The Morgan fingerprint density at radius 3 is 2.33 bits per heavy atom. The average molecular weight is 314 g/mol. The van der Waals surface area contributed by atoms with Crippen LogP contribution in [-0.4, -0.2) is 7.05 Å². The molecule has 0 spiro atoms. The predicted octanol–water partition coefficient (Wildman–Crippen LogP) is 4.86. The normalized spacial score (nSPS) is 13.2. The highest BCUT2D eigenvalue weighted by atomic mass is 35.5. The predicted molar refractivity (Wildman–Crippen MR) is 78.4 cm³/mol. The molecule has 0 aliphatic carbocycles. The summed E-state index contributed by atoms with van der Waals surface area (Å²) >= 11 is 5.85. The summed E-state index contributed by atoms with van der Waals surface area (Å²) in [6.07, 6.45) is -3.84. The van der Waals surface area contributed by atoms with Gasteiger partial charge >= 0.3 is 6.18 Å². The fourth-order valence-electron chi connectivity index (χ4n) is 2.19. The number of likely N-dealkylation sites (N-methyl/N-ethyl adjacent to an activating group) is 1. The molecule has 5 heteroatoms. The van der Waals surface area contributed by atoms with E-state index in [4.69, 9.17) is 11.6 Å². The van der Waals surface area contributed by atoms with Crippen LogP contribution in [0.1, 0.15) is 22.7 Å². The number of benzene rings is 2. The Kier molecular flexibility index (Phi) is 4.91. The highest BCUT2D eigenvalue weighted by molar-refractivity contribution is 6.30. The van der Waals surface area contributed by atoms with Gasteiger partial charge in [0.1, 0.15) is 0 Å². The SMILES string of the molecule is CNC(Cc1cccc(C(F)(F)F)c1)c1ccc(Cl)cc1. The molecule has 0 radical (unpaired) electrons. The van der Waals surface area contributed by atoms with Gasteiger partial charge in [-0.3, -0.25) is 0 Å². The van der Waals surface area contributed by atoms with Crippen LogP contribution in [0.2, 0.25) is 5.02 Å². The van der Waals surface area contributed by atoms with E-state index in [1.807, 2.05) is 12.1 Å². The van der Waals surface area contributed by atoms with Gasteiger partial charge in [0.2, 0.25) is 0 Å². The lowest BCUT2D eigenvalue weighted by molar-refractivity contribution is -0.137. The third kappa shape index (κ3) is 4.22. The minimum absolute atomic E-state index is 0.0641. The third-order valence-corrected chi connectivity index (χ3v) is 3.57. The molecule has 1 atom stereocenters. The van der Waals surface area contributed by atoms with E-state index in [1.54, 1.807) is 25.2 Å². The molecule has 0 aromatic heterocycles. The summed E-state index contributed by atoms with van der Waals surface area (Å²) in [5.41, 5.74) is 1.00. The van der Waals surface area contributed by atoms with E-state index < -0.39 is 11.7 Å². The molecule has 0 heterocycles. The smallest absolute Gasteiger partial charge is 0.313 e. The third-order valence-electron chi connectivity index (χ3n) is 3.31. The zero-order valence-electron chi connectivity index (χ0n) is 11.4. The van der Waals surface area contributed by atoms with E-state index >= 15 is 0 Å². The Balaban J connectivity index is 2.21. The van der Waals surface area contributed by atoms with Crippen molar-refractivity contribution in [3.63, 3.8) is 0 Å². The van der Waals surface area contributed by atoms with Crippen LogP contribution in [0.25, 0.3) is 0 Å². The zero-order valence-corrected chi connectivity index (χ0v) is 12.2. The van der Waals surface area contributed by atoms with Gasteiger partial charge < -0.3 is 5.32 Å². The van der Waals surface area contributed by atoms with Crippen LogP contribution in [0.3, 0.4) is 0 Å². The lowest BCUT2D eigenvalue weighted by atomic mass is 9.98. The van der Waals surface area contributed by atoms with Crippen LogP contribution in [0.5, 0.6) is 0 Å². The van der Waals surface area contributed by atoms with Crippen molar-refractivity contribution in [2.24, 2.45) is 0 Å². The fraction of sp³-hybridized carbons (Fsp3) is 0.250. The van der Waals surface area contributed by atoms with Gasteiger partial charge in [0, 0.05) is 11.1 Å². The van der Waals surface area contributed by atoms with E-state index in [-0.39, 0.29) is 6.04 Å². The van der Waals surface area contributed by atoms with E-state index in [9.17, 15) is 13.2 Å². The topological polar surface area (TPSA) is 12.0 Å². The highest BCUT2D eigenvalue weighted by Gasteiger charge is 2.30. The van der Waals surface area contributed by atoms with Crippen molar-refractivity contribution in [1.29, 1.82) is 0 Å². The van der Waals surface area contributed by atoms with Gasteiger partial charge in [0.05, 0.1) is 5.56 Å². The van der Waals surface area contributed by atoms with Crippen molar-refractivity contribution in [2.45, 2.75) is 18.6 Å². The molecule has 0 bridgehead atoms. The van der Waals surface area contributed by atoms with Crippen LogP contribution in [0.15, 0.2) is 48.5 Å². The number of rotatable bonds is 4.